The SMILES string of the molecule is CC1(C)OB(c2cccnc2-c2ccc(F)cc2)OC1(C)C. The standard InChI is InChI=1S/C17H19BFNO2/c1-16(2)17(3,4)22-18(21-16)14-6-5-11-20-15(14)12-7-9-13(19)10-8-12/h5-11H,1-4H3. The summed E-state index contributed by atoms with van der Waals surface area (Å²) in [4.78, 5) is 4.44. The third-order valence-corrected chi connectivity index (χ3v) is 4.46. The number of aromatic nitrogens is 1. The predicted octanol–water partition coefficient (Wildman–Crippen LogP) is 3.19. The number of halogens is 1. The zero-order chi connectivity index (χ0) is 16.0. The van der Waals surface area contributed by atoms with Crippen LogP contribution in [-0.4, -0.2) is 23.3 Å². The quantitative estimate of drug-likeness (QED) is 0.798. The Bertz CT molecular complexity index is 669. The van der Waals surface area contributed by atoms with Crippen molar-refractivity contribution in [2.45, 2.75) is 38.9 Å². The van der Waals surface area contributed by atoms with E-state index in [9.17, 15) is 4.39 Å². The molecular formula is C17H19BFNO2. The maximum Gasteiger partial charge on any atom is 0.497 e. The molecule has 2 heterocycles. The van der Waals surface area contributed by atoms with Crippen molar-refractivity contribution in [2.24, 2.45) is 0 Å². The average Bonchev–Trinajstić information content (AvgIpc) is 2.68. The Hall–Kier alpha value is -1.72. The lowest BCUT2D eigenvalue weighted by atomic mass is 9.76. The summed E-state index contributed by atoms with van der Waals surface area (Å²) in [5.41, 5.74) is 1.63. The van der Waals surface area contributed by atoms with Gasteiger partial charge in [0.25, 0.3) is 0 Å². The highest BCUT2D eigenvalue weighted by Gasteiger charge is 2.52. The molecule has 0 atom stereocenters. The molecule has 0 radical (unpaired) electrons. The van der Waals surface area contributed by atoms with Gasteiger partial charge in [-0.1, -0.05) is 6.07 Å². The van der Waals surface area contributed by atoms with E-state index in [2.05, 4.69) is 4.98 Å². The molecule has 2 aromatic rings. The van der Waals surface area contributed by atoms with Gasteiger partial charge in [-0.25, -0.2) is 4.39 Å². The van der Waals surface area contributed by atoms with Gasteiger partial charge in [0.1, 0.15) is 5.82 Å². The molecule has 1 aromatic carbocycles. The van der Waals surface area contributed by atoms with Crippen molar-refractivity contribution in [3.8, 4) is 11.3 Å². The molecule has 0 saturated carbocycles. The number of rotatable bonds is 2. The minimum atomic E-state index is -0.487. The van der Waals surface area contributed by atoms with Gasteiger partial charge in [-0.05, 0) is 63.6 Å². The van der Waals surface area contributed by atoms with E-state index in [-0.39, 0.29) is 5.82 Å². The average molecular weight is 299 g/mol. The number of hydrogen-bond donors (Lipinski definition) is 0. The van der Waals surface area contributed by atoms with E-state index >= 15 is 0 Å². The largest absolute Gasteiger partial charge is 0.497 e. The van der Waals surface area contributed by atoms with Gasteiger partial charge in [0.05, 0.1) is 16.9 Å². The molecule has 0 amide bonds. The molecule has 5 heteroatoms. The van der Waals surface area contributed by atoms with E-state index in [4.69, 9.17) is 9.31 Å². The second-order valence-electron chi connectivity index (χ2n) is 6.54. The molecule has 3 rings (SSSR count). The highest BCUT2D eigenvalue weighted by Crippen LogP contribution is 2.37. The van der Waals surface area contributed by atoms with Crippen LogP contribution < -0.4 is 5.46 Å². The van der Waals surface area contributed by atoms with Crippen LogP contribution in [0.25, 0.3) is 11.3 Å². The van der Waals surface area contributed by atoms with Crippen LogP contribution in [0.3, 0.4) is 0 Å². The van der Waals surface area contributed by atoms with Crippen molar-refractivity contribution in [3.05, 3.63) is 48.4 Å². The van der Waals surface area contributed by atoms with Crippen molar-refractivity contribution in [2.75, 3.05) is 0 Å². The molecule has 114 valence electrons. The third kappa shape index (κ3) is 2.55. The molecule has 0 unspecified atom stereocenters. The Labute approximate surface area is 130 Å². The van der Waals surface area contributed by atoms with Crippen molar-refractivity contribution >= 4 is 12.6 Å². The van der Waals surface area contributed by atoms with E-state index in [1.807, 2.05) is 39.8 Å². The minimum absolute atomic E-state index is 0.267. The zero-order valence-electron chi connectivity index (χ0n) is 13.3. The maximum absolute atomic E-state index is 13.1. The van der Waals surface area contributed by atoms with Gasteiger partial charge in [0.2, 0.25) is 0 Å². The van der Waals surface area contributed by atoms with E-state index < -0.39 is 18.3 Å². The third-order valence-electron chi connectivity index (χ3n) is 4.46. The van der Waals surface area contributed by atoms with Gasteiger partial charge in [0, 0.05) is 11.7 Å². The summed E-state index contributed by atoms with van der Waals surface area (Å²) < 4.78 is 25.3. The van der Waals surface area contributed by atoms with Crippen molar-refractivity contribution in [3.63, 3.8) is 0 Å². The first kappa shape index (κ1) is 15.2. The Morgan fingerprint density at radius 3 is 2.14 bits per heavy atom. The summed E-state index contributed by atoms with van der Waals surface area (Å²) in [7, 11) is -0.487. The first-order valence-corrected chi connectivity index (χ1v) is 7.37. The van der Waals surface area contributed by atoms with Gasteiger partial charge in [-0.2, -0.15) is 0 Å². The van der Waals surface area contributed by atoms with E-state index in [1.165, 1.54) is 12.1 Å². The lowest BCUT2D eigenvalue weighted by Crippen LogP contribution is -2.41. The van der Waals surface area contributed by atoms with Gasteiger partial charge < -0.3 is 9.31 Å². The normalized spacial score (nSPS) is 19.4. The fourth-order valence-electron chi connectivity index (χ4n) is 2.43. The number of benzene rings is 1. The predicted molar refractivity (Wildman–Crippen MR) is 85.3 cm³/mol. The van der Waals surface area contributed by atoms with Crippen LogP contribution in [0.2, 0.25) is 0 Å². The molecule has 1 fully saturated rings. The first-order chi connectivity index (χ1) is 10.3. The van der Waals surface area contributed by atoms with Crippen LogP contribution in [-0.2, 0) is 9.31 Å². The van der Waals surface area contributed by atoms with Crippen LogP contribution in [0.5, 0.6) is 0 Å². The molecule has 1 aliphatic heterocycles. The molecule has 22 heavy (non-hydrogen) atoms. The van der Waals surface area contributed by atoms with Gasteiger partial charge >= 0.3 is 7.12 Å². The zero-order valence-corrected chi connectivity index (χ0v) is 13.3. The van der Waals surface area contributed by atoms with Crippen molar-refractivity contribution in [1.82, 2.24) is 4.98 Å². The molecular weight excluding hydrogens is 280 g/mol. The monoisotopic (exact) mass is 299 g/mol. The van der Waals surface area contributed by atoms with Crippen molar-refractivity contribution in [1.29, 1.82) is 0 Å². The van der Waals surface area contributed by atoms with Crippen LogP contribution >= 0.6 is 0 Å². The fraction of sp³-hybridized carbons (Fsp3) is 0.353. The van der Waals surface area contributed by atoms with Gasteiger partial charge in [-0.3, -0.25) is 4.98 Å². The van der Waals surface area contributed by atoms with E-state index in [0.29, 0.717) is 0 Å². The minimum Gasteiger partial charge on any atom is -0.399 e. The smallest absolute Gasteiger partial charge is 0.399 e. The summed E-state index contributed by atoms with van der Waals surface area (Å²) in [5.74, 6) is -0.267. The molecule has 3 nitrogen and oxygen atoms in total. The topological polar surface area (TPSA) is 31.4 Å². The van der Waals surface area contributed by atoms with Crippen LogP contribution in [0, 0.1) is 5.82 Å². The highest BCUT2D eigenvalue weighted by atomic mass is 19.1. The molecule has 0 aliphatic carbocycles. The number of pyridine rings is 1. The molecule has 1 aliphatic rings. The summed E-state index contributed by atoms with van der Waals surface area (Å²) in [5, 5.41) is 0. The molecule has 0 spiro atoms. The van der Waals surface area contributed by atoms with Gasteiger partial charge in [-0.15, -0.1) is 0 Å². The van der Waals surface area contributed by atoms with Crippen LogP contribution in [0.4, 0.5) is 4.39 Å². The van der Waals surface area contributed by atoms with Crippen LogP contribution in [0.1, 0.15) is 27.7 Å². The summed E-state index contributed by atoms with van der Waals surface area (Å²) in [6.45, 7) is 8.06. The van der Waals surface area contributed by atoms with E-state index in [1.54, 1.807) is 18.3 Å². The molecule has 1 aromatic heterocycles. The Morgan fingerprint density at radius 1 is 0.955 bits per heavy atom. The summed E-state index contributed by atoms with van der Waals surface area (Å²) >= 11 is 0. The Kier molecular flexibility index (Phi) is 3.58. The number of hydrogen-bond acceptors (Lipinski definition) is 3. The lowest BCUT2D eigenvalue weighted by Gasteiger charge is -2.32. The Balaban J connectivity index is 2.01. The number of nitrogens with zero attached hydrogens (tertiary/aromatic N) is 1. The van der Waals surface area contributed by atoms with E-state index in [0.717, 1.165) is 16.7 Å². The highest BCUT2D eigenvalue weighted by molar-refractivity contribution is 6.63. The second-order valence-corrected chi connectivity index (χ2v) is 6.54. The van der Waals surface area contributed by atoms with Crippen LogP contribution in [0.15, 0.2) is 42.6 Å². The Morgan fingerprint density at radius 2 is 1.55 bits per heavy atom. The second kappa shape index (κ2) is 5.18. The molecule has 0 N–H and O–H groups in total. The van der Waals surface area contributed by atoms with Gasteiger partial charge in [0.15, 0.2) is 0 Å². The summed E-state index contributed by atoms with van der Waals surface area (Å²) in [6, 6.07) is 10.1. The lowest BCUT2D eigenvalue weighted by molar-refractivity contribution is 0.00578. The first-order valence-electron chi connectivity index (χ1n) is 7.37. The maximum atomic E-state index is 13.1. The molecule has 1 saturated heterocycles. The molecule has 0 bridgehead atoms. The van der Waals surface area contributed by atoms with Crippen molar-refractivity contribution < 1.29 is 13.7 Å². The fourth-order valence-corrected chi connectivity index (χ4v) is 2.43. The summed E-state index contributed by atoms with van der Waals surface area (Å²) in [6.07, 6.45) is 1.72.